The Hall–Kier alpha value is -7.36. The first-order valence-electron chi connectivity index (χ1n) is 15.3. The van der Waals surface area contributed by atoms with Gasteiger partial charge in [-0.15, -0.1) is 0 Å². The van der Waals surface area contributed by atoms with Crippen LogP contribution in [0.2, 0.25) is 0 Å². The molecule has 6 amide bonds. The van der Waals surface area contributed by atoms with Crippen molar-refractivity contribution in [2.24, 2.45) is 0 Å². The third kappa shape index (κ3) is 9.41. The minimum Gasteiger partial charge on any atom is -0.481 e. The van der Waals surface area contributed by atoms with Crippen LogP contribution >= 0.6 is 0 Å². The summed E-state index contributed by atoms with van der Waals surface area (Å²) in [5.74, 6) is -8.68. The van der Waals surface area contributed by atoms with Gasteiger partial charge in [-0.3, -0.25) is 19.2 Å². The summed E-state index contributed by atoms with van der Waals surface area (Å²) in [6, 6.07) is 18.4. The topological polar surface area (TPSA) is 248 Å². The third-order valence-electron chi connectivity index (χ3n) is 7.41. The van der Waals surface area contributed by atoms with E-state index < -0.39 is 70.3 Å². The molecule has 0 atom stereocenters. The summed E-state index contributed by atoms with van der Waals surface area (Å²) in [7, 11) is 0. The lowest BCUT2D eigenvalue weighted by Crippen LogP contribution is -2.53. The number of carbonyl (C=O) groups is 8. The van der Waals surface area contributed by atoms with Gasteiger partial charge in [-0.25, -0.2) is 29.0 Å². The highest BCUT2D eigenvalue weighted by Gasteiger charge is 2.39. The molecule has 0 saturated heterocycles. The van der Waals surface area contributed by atoms with Crippen LogP contribution in [-0.4, -0.2) is 68.2 Å². The van der Waals surface area contributed by atoms with Gasteiger partial charge in [-0.05, 0) is 72.5 Å². The van der Waals surface area contributed by atoms with Gasteiger partial charge in [0, 0.05) is 24.2 Å². The van der Waals surface area contributed by atoms with Crippen molar-refractivity contribution in [3.63, 3.8) is 0 Å². The molecule has 4 rings (SSSR count). The molecular weight excluding hydrogens is 680 g/mol. The number of aliphatic carboxylic acids is 2. The van der Waals surface area contributed by atoms with Crippen molar-refractivity contribution in [1.82, 2.24) is 0 Å². The first kappa shape index (κ1) is 37.5. The molecule has 0 spiro atoms. The van der Waals surface area contributed by atoms with E-state index >= 15 is 0 Å². The lowest BCUT2D eigenvalue weighted by molar-refractivity contribution is -0.138. The van der Waals surface area contributed by atoms with E-state index in [9.17, 15) is 48.6 Å². The number of rotatable bonds is 12. The Balaban J connectivity index is 1.75. The molecule has 266 valence electrons. The zero-order chi connectivity index (χ0) is 37.9. The van der Waals surface area contributed by atoms with Crippen LogP contribution in [0.4, 0.5) is 32.3 Å². The van der Waals surface area contributed by atoms with Gasteiger partial charge in [-0.2, -0.15) is 0 Å². The summed E-state index contributed by atoms with van der Waals surface area (Å²) in [6.07, 6.45) is 0.0446. The second-order valence-corrected chi connectivity index (χ2v) is 11.0. The summed E-state index contributed by atoms with van der Waals surface area (Å²) in [6.45, 7) is 0. The Kier molecular flexibility index (Phi) is 12.1. The van der Waals surface area contributed by atoms with Crippen molar-refractivity contribution in [3.8, 4) is 0 Å². The first-order valence-corrected chi connectivity index (χ1v) is 15.3. The van der Waals surface area contributed by atoms with Crippen LogP contribution in [0.25, 0.3) is 0 Å². The molecule has 4 aromatic rings. The van der Waals surface area contributed by atoms with E-state index in [1.165, 1.54) is 72.8 Å². The minimum absolute atomic E-state index is 0.0692. The number of amides is 6. The minimum atomic E-state index is -1.75. The number of imide groups is 2. The SMILES string of the molecule is O=C(O)CCc1ccc(NC(=O)N(C(=O)C(=O)N(C(=O)Nc2ccc(CCC(=O)O)cc2)c2ccccc2C(=O)O)c2ccccc2C(=O)O)cc1. The van der Waals surface area contributed by atoms with Gasteiger partial charge in [0.2, 0.25) is 0 Å². The van der Waals surface area contributed by atoms with Crippen molar-refractivity contribution in [2.75, 3.05) is 20.4 Å². The van der Waals surface area contributed by atoms with Crippen molar-refractivity contribution in [3.05, 3.63) is 119 Å². The third-order valence-corrected chi connectivity index (χ3v) is 7.41. The second-order valence-electron chi connectivity index (χ2n) is 11.0. The highest BCUT2D eigenvalue weighted by molar-refractivity contribution is 6.53. The molecule has 0 aromatic heterocycles. The Bertz CT molecular complexity index is 1900. The Morgan fingerprint density at radius 2 is 0.788 bits per heavy atom. The molecule has 0 bridgehead atoms. The number of carboxylic acids is 4. The van der Waals surface area contributed by atoms with Crippen LogP contribution < -0.4 is 20.4 Å². The maximum atomic E-state index is 14.1. The Morgan fingerprint density at radius 1 is 0.462 bits per heavy atom. The molecule has 0 aliphatic rings. The van der Waals surface area contributed by atoms with Crippen LogP contribution in [0.5, 0.6) is 0 Å². The summed E-state index contributed by atoms with van der Waals surface area (Å²) in [5, 5.41) is 42.4. The number of urea groups is 2. The van der Waals surface area contributed by atoms with E-state index in [1.54, 1.807) is 0 Å². The number of hydrogen-bond donors (Lipinski definition) is 6. The summed E-state index contributed by atoms with van der Waals surface area (Å²) < 4.78 is 0. The van der Waals surface area contributed by atoms with Gasteiger partial charge >= 0.3 is 47.8 Å². The lowest BCUT2D eigenvalue weighted by Gasteiger charge is -2.27. The molecule has 0 heterocycles. The smallest absolute Gasteiger partial charge is 0.337 e. The quantitative estimate of drug-likeness (QED) is 0.107. The van der Waals surface area contributed by atoms with Crippen LogP contribution in [0.15, 0.2) is 97.1 Å². The second kappa shape index (κ2) is 16.8. The molecule has 0 fully saturated rings. The standard InChI is InChI=1S/C36H30N4O12/c41-29(42)19-13-21-9-15-23(16-10-21)37-35(51)39(27-7-3-1-5-25(27)33(47)48)31(45)32(46)40(28-8-4-2-6-26(28)34(49)50)36(52)38-24-17-11-22(12-18-24)14-20-30(43)44/h1-12,15-18H,13-14,19-20H2,(H,37,51)(H,38,52)(H,41,42)(H,43,44)(H,47,48)(H,49,50). The number of anilines is 4. The fourth-order valence-electron chi connectivity index (χ4n) is 4.88. The number of carboxylic acid groups (broad SMARTS) is 4. The average molecular weight is 711 g/mol. The number of nitrogens with zero attached hydrogens (tertiary/aromatic N) is 2. The maximum absolute atomic E-state index is 14.1. The zero-order valence-electron chi connectivity index (χ0n) is 27.0. The average Bonchev–Trinajstić information content (AvgIpc) is 3.11. The highest BCUT2D eigenvalue weighted by Crippen LogP contribution is 2.27. The van der Waals surface area contributed by atoms with Crippen LogP contribution in [0.3, 0.4) is 0 Å². The van der Waals surface area contributed by atoms with E-state index in [2.05, 4.69) is 10.6 Å². The number of benzene rings is 4. The van der Waals surface area contributed by atoms with Gasteiger partial charge in [0.05, 0.1) is 22.5 Å². The first-order chi connectivity index (χ1) is 24.8. The van der Waals surface area contributed by atoms with E-state index in [4.69, 9.17) is 10.2 Å². The van der Waals surface area contributed by atoms with Crippen molar-refractivity contribution in [2.45, 2.75) is 25.7 Å². The summed E-state index contributed by atoms with van der Waals surface area (Å²) >= 11 is 0. The lowest BCUT2D eigenvalue weighted by atomic mass is 10.1. The summed E-state index contributed by atoms with van der Waals surface area (Å²) in [5.41, 5.74) is -0.928. The fourth-order valence-corrected chi connectivity index (χ4v) is 4.88. The van der Waals surface area contributed by atoms with Crippen LogP contribution in [0.1, 0.15) is 44.7 Å². The zero-order valence-corrected chi connectivity index (χ0v) is 27.0. The highest BCUT2D eigenvalue weighted by atomic mass is 16.4. The molecule has 4 aromatic carbocycles. The van der Waals surface area contributed by atoms with E-state index in [-0.39, 0.29) is 46.9 Å². The number of aryl methyl sites for hydroxylation is 2. The Morgan fingerprint density at radius 3 is 1.10 bits per heavy atom. The number of aromatic carboxylic acids is 2. The van der Waals surface area contributed by atoms with Crippen molar-refractivity contribution < 1.29 is 58.8 Å². The van der Waals surface area contributed by atoms with Gasteiger partial charge in [-0.1, -0.05) is 48.5 Å². The van der Waals surface area contributed by atoms with Crippen molar-refractivity contribution in [1.29, 1.82) is 0 Å². The molecule has 0 saturated carbocycles. The molecule has 16 nitrogen and oxygen atoms in total. The van der Waals surface area contributed by atoms with Crippen molar-refractivity contribution >= 4 is 70.5 Å². The van der Waals surface area contributed by atoms with E-state index in [0.717, 1.165) is 24.3 Å². The number of nitrogens with one attached hydrogen (secondary N) is 2. The van der Waals surface area contributed by atoms with Gasteiger partial charge < -0.3 is 31.1 Å². The number of hydrogen-bond acceptors (Lipinski definition) is 8. The van der Waals surface area contributed by atoms with Crippen LogP contribution in [-0.2, 0) is 32.0 Å². The largest absolute Gasteiger partial charge is 0.481 e. The molecule has 0 unspecified atom stereocenters. The predicted molar refractivity (Wildman–Crippen MR) is 185 cm³/mol. The molecule has 0 aliphatic heterocycles. The van der Waals surface area contributed by atoms with Gasteiger partial charge in [0.1, 0.15) is 0 Å². The van der Waals surface area contributed by atoms with Gasteiger partial charge in [0.25, 0.3) is 0 Å². The fraction of sp³-hybridized carbons (Fsp3) is 0.111. The molecule has 16 heteroatoms. The molecule has 0 radical (unpaired) electrons. The van der Waals surface area contributed by atoms with Crippen LogP contribution in [0, 0.1) is 0 Å². The number of para-hydroxylation sites is 2. The molecular formula is C36H30N4O12. The van der Waals surface area contributed by atoms with Gasteiger partial charge in [0.15, 0.2) is 0 Å². The maximum Gasteiger partial charge on any atom is 0.337 e. The monoisotopic (exact) mass is 710 g/mol. The summed E-state index contributed by atoms with van der Waals surface area (Å²) in [4.78, 5) is 102. The Labute approximate surface area is 294 Å². The normalized spacial score (nSPS) is 10.4. The predicted octanol–water partition coefficient (Wildman–Crippen LogP) is 4.95. The molecule has 52 heavy (non-hydrogen) atoms. The van der Waals surface area contributed by atoms with E-state index in [0.29, 0.717) is 11.1 Å². The number of carbonyl (C=O) groups excluding carboxylic acids is 4. The van der Waals surface area contributed by atoms with E-state index in [1.807, 2.05) is 0 Å². The molecule has 0 aliphatic carbocycles. The molecule has 6 N–H and O–H groups in total.